The smallest absolute Gasteiger partial charge is 0.337 e. The molecule has 23 heavy (non-hydrogen) atoms. The number of carboxylic acids is 1. The Morgan fingerprint density at radius 2 is 1.91 bits per heavy atom. The minimum atomic E-state index is -1.04. The molecule has 0 aliphatic rings. The Morgan fingerprint density at radius 1 is 1.09 bits per heavy atom. The molecule has 4 rings (SSSR count). The first kappa shape index (κ1) is 13.5. The summed E-state index contributed by atoms with van der Waals surface area (Å²) in [4.78, 5) is 15.8. The zero-order valence-corrected chi connectivity index (χ0v) is 11.9. The Hall–Kier alpha value is -3.21. The number of para-hydroxylation sites is 1. The molecule has 2 aromatic carbocycles. The maximum atomic E-state index is 13.7. The van der Waals surface area contributed by atoms with Crippen molar-refractivity contribution >= 4 is 27.8 Å². The highest BCUT2D eigenvalue weighted by atomic mass is 19.1. The Bertz CT molecular complexity index is 1060. The van der Waals surface area contributed by atoms with Gasteiger partial charge in [-0.2, -0.15) is 0 Å². The highest BCUT2D eigenvalue weighted by Crippen LogP contribution is 2.29. The molecule has 0 spiro atoms. The molecule has 5 heteroatoms. The number of hydrogen-bond acceptors (Lipinski definition) is 2. The van der Waals surface area contributed by atoms with Crippen LogP contribution in [0.25, 0.3) is 27.5 Å². The van der Waals surface area contributed by atoms with Crippen LogP contribution in [0.15, 0.2) is 60.9 Å². The van der Waals surface area contributed by atoms with E-state index in [-0.39, 0.29) is 5.56 Å². The van der Waals surface area contributed by atoms with Crippen molar-refractivity contribution in [2.45, 2.75) is 0 Å². The summed E-state index contributed by atoms with van der Waals surface area (Å²) in [6.45, 7) is 0. The van der Waals surface area contributed by atoms with E-state index in [0.29, 0.717) is 10.9 Å². The second kappa shape index (κ2) is 4.91. The van der Waals surface area contributed by atoms with E-state index in [1.54, 1.807) is 16.8 Å². The lowest BCUT2D eigenvalue weighted by molar-refractivity contribution is 0.0699. The molecule has 2 aromatic heterocycles. The van der Waals surface area contributed by atoms with Gasteiger partial charge in [0.1, 0.15) is 5.82 Å². The Kier molecular flexibility index (Phi) is 2.87. The molecule has 0 aliphatic carbocycles. The number of rotatable bonds is 2. The van der Waals surface area contributed by atoms with E-state index in [4.69, 9.17) is 0 Å². The predicted molar refractivity (Wildman–Crippen MR) is 85.5 cm³/mol. The van der Waals surface area contributed by atoms with E-state index in [1.807, 2.05) is 24.3 Å². The minimum absolute atomic E-state index is 0.140. The second-order valence-electron chi connectivity index (χ2n) is 5.23. The fourth-order valence-electron chi connectivity index (χ4n) is 2.86. The molecule has 0 saturated carbocycles. The zero-order chi connectivity index (χ0) is 16.0. The second-order valence-corrected chi connectivity index (χ2v) is 5.23. The van der Waals surface area contributed by atoms with E-state index in [0.717, 1.165) is 16.6 Å². The number of nitrogens with zero attached hydrogens (tertiary/aromatic N) is 2. The van der Waals surface area contributed by atoms with Crippen LogP contribution in [0.5, 0.6) is 0 Å². The fraction of sp³-hybridized carbons (Fsp3) is 0. The number of hydrogen-bond donors (Lipinski definition) is 1. The number of carbonyl (C=O) groups is 1. The summed E-state index contributed by atoms with van der Waals surface area (Å²) in [5.74, 6) is -1.45. The average molecular weight is 306 g/mol. The summed E-state index contributed by atoms with van der Waals surface area (Å²) in [5.41, 5.74) is 2.21. The van der Waals surface area contributed by atoms with E-state index >= 15 is 0 Å². The van der Waals surface area contributed by atoms with Gasteiger partial charge in [0, 0.05) is 23.2 Å². The van der Waals surface area contributed by atoms with Crippen molar-refractivity contribution in [3.8, 4) is 5.69 Å². The van der Waals surface area contributed by atoms with Gasteiger partial charge in [0.05, 0.1) is 22.3 Å². The third-order valence-corrected chi connectivity index (χ3v) is 3.88. The SMILES string of the molecule is O=C(O)c1cn(-c2ccnc3ccccc23)c2cc(F)ccc12. The molecule has 0 unspecified atom stereocenters. The van der Waals surface area contributed by atoms with Crippen molar-refractivity contribution < 1.29 is 14.3 Å². The van der Waals surface area contributed by atoms with Gasteiger partial charge in [-0.15, -0.1) is 0 Å². The van der Waals surface area contributed by atoms with Gasteiger partial charge in [0.2, 0.25) is 0 Å². The topological polar surface area (TPSA) is 55.1 Å². The first-order valence-corrected chi connectivity index (χ1v) is 7.03. The van der Waals surface area contributed by atoms with Crippen molar-refractivity contribution in [2.24, 2.45) is 0 Å². The molecule has 0 amide bonds. The Balaban J connectivity index is 2.12. The van der Waals surface area contributed by atoms with Crippen molar-refractivity contribution in [1.82, 2.24) is 9.55 Å². The highest BCUT2D eigenvalue weighted by Gasteiger charge is 2.16. The number of carboxylic acid groups (broad SMARTS) is 1. The standard InChI is InChI=1S/C18H11FN2O2/c19-11-5-6-12-14(18(22)23)10-21(17(12)9-11)16-7-8-20-15-4-2-1-3-13(15)16/h1-10H,(H,22,23). The number of pyridine rings is 1. The number of aromatic nitrogens is 2. The molecule has 0 fully saturated rings. The van der Waals surface area contributed by atoms with Crippen molar-refractivity contribution in [1.29, 1.82) is 0 Å². The van der Waals surface area contributed by atoms with Gasteiger partial charge < -0.3 is 9.67 Å². The maximum absolute atomic E-state index is 13.7. The summed E-state index contributed by atoms with van der Waals surface area (Å²) in [6, 6.07) is 13.5. The number of aromatic carboxylic acids is 1. The van der Waals surface area contributed by atoms with E-state index in [1.165, 1.54) is 24.4 Å². The van der Waals surface area contributed by atoms with Crippen molar-refractivity contribution in [3.05, 3.63) is 72.3 Å². The van der Waals surface area contributed by atoms with Gasteiger partial charge in [-0.3, -0.25) is 4.98 Å². The van der Waals surface area contributed by atoms with Crippen molar-refractivity contribution in [3.63, 3.8) is 0 Å². The first-order valence-electron chi connectivity index (χ1n) is 7.03. The van der Waals surface area contributed by atoms with Gasteiger partial charge in [-0.1, -0.05) is 18.2 Å². The number of halogens is 1. The molecule has 0 atom stereocenters. The van der Waals surface area contributed by atoms with Gasteiger partial charge in [-0.25, -0.2) is 9.18 Å². The van der Waals surface area contributed by atoms with Crippen LogP contribution in [0.1, 0.15) is 10.4 Å². The first-order chi connectivity index (χ1) is 11.1. The highest BCUT2D eigenvalue weighted by molar-refractivity contribution is 6.04. The van der Waals surface area contributed by atoms with Crippen LogP contribution in [-0.2, 0) is 0 Å². The van der Waals surface area contributed by atoms with Crippen LogP contribution in [0, 0.1) is 5.82 Å². The summed E-state index contributed by atoms with van der Waals surface area (Å²) >= 11 is 0. The average Bonchev–Trinajstić information content (AvgIpc) is 2.93. The molecule has 4 aromatic rings. The molecule has 4 nitrogen and oxygen atoms in total. The molecule has 0 bridgehead atoms. The molecule has 0 saturated heterocycles. The van der Waals surface area contributed by atoms with Gasteiger partial charge in [0.15, 0.2) is 0 Å². The summed E-state index contributed by atoms with van der Waals surface area (Å²) in [6.07, 6.45) is 3.18. The largest absolute Gasteiger partial charge is 0.478 e. The van der Waals surface area contributed by atoms with E-state index in [2.05, 4.69) is 4.98 Å². The van der Waals surface area contributed by atoms with Crippen LogP contribution in [-0.4, -0.2) is 20.6 Å². The van der Waals surface area contributed by atoms with Gasteiger partial charge >= 0.3 is 5.97 Å². The quantitative estimate of drug-likeness (QED) is 0.608. The molecule has 0 radical (unpaired) electrons. The number of benzene rings is 2. The Morgan fingerprint density at radius 3 is 2.74 bits per heavy atom. The van der Waals surface area contributed by atoms with E-state index < -0.39 is 11.8 Å². The van der Waals surface area contributed by atoms with Gasteiger partial charge in [-0.05, 0) is 30.3 Å². The van der Waals surface area contributed by atoms with Crippen LogP contribution in [0.3, 0.4) is 0 Å². The summed E-state index contributed by atoms with van der Waals surface area (Å²) in [7, 11) is 0. The van der Waals surface area contributed by atoms with Crippen LogP contribution < -0.4 is 0 Å². The third kappa shape index (κ3) is 2.05. The lowest BCUT2D eigenvalue weighted by atomic mass is 10.1. The lowest BCUT2D eigenvalue weighted by Gasteiger charge is -2.09. The fourth-order valence-corrected chi connectivity index (χ4v) is 2.86. The molecule has 2 heterocycles. The lowest BCUT2D eigenvalue weighted by Crippen LogP contribution is -1.96. The maximum Gasteiger partial charge on any atom is 0.337 e. The third-order valence-electron chi connectivity index (χ3n) is 3.88. The molecule has 0 aliphatic heterocycles. The monoisotopic (exact) mass is 306 g/mol. The summed E-state index contributed by atoms with van der Waals surface area (Å²) < 4.78 is 15.4. The van der Waals surface area contributed by atoms with Crippen LogP contribution in [0.4, 0.5) is 4.39 Å². The normalized spacial score (nSPS) is 11.2. The van der Waals surface area contributed by atoms with Gasteiger partial charge in [0.25, 0.3) is 0 Å². The van der Waals surface area contributed by atoms with E-state index in [9.17, 15) is 14.3 Å². The molecular weight excluding hydrogens is 295 g/mol. The number of fused-ring (bicyclic) bond motifs is 2. The molecular formula is C18H11FN2O2. The summed E-state index contributed by atoms with van der Waals surface area (Å²) in [5, 5.41) is 10.8. The van der Waals surface area contributed by atoms with Crippen LogP contribution >= 0.6 is 0 Å². The zero-order valence-electron chi connectivity index (χ0n) is 11.9. The molecule has 112 valence electrons. The Labute approximate surface area is 130 Å². The van der Waals surface area contributed by atoms with Crippen molar-refractivity contribution in [2.75, 3.05) is 0 Å². The molecule has 1 N–H and O–H groups in total. The van der Waals surface area contributed by atoms with Crippen LogP contribution in [0.2, 0.25) is 0 Å². The predicted octanol–water partition coefficient (Wildman–Crippen LogP) is 4.02. The minimum Gasteiger partial charge on any atom is -0.478 e.